The molecule has 1 rings (SSSR count). The van der Waals surface area contributed by atoms with Gasteiger partial charge in [0, 0.05) is 4.47 Å². The Morgan fingerprint density at radius 1 is 1.57 bits per heavy atom. The van der Waals surface area contributed by atoms with Crippen LogP contribution in [0, 0.1) is 6.92 Å². The number of benzene rings is 1. The molecule has 76 valence electrons. The van der Waals surface area contributed by atoms with Crippen LogP contribution in [0.15, 0.2) is 16.6 Å². The molecule has 0 saturated heterocycles. The van der Waals surface area contributed by atoms with Gasteiger partial charge >= 0.3 is 5.97 Å². The van der Waals surface area contributed by atoms with Crippen LogP contribution >= 0.6 is 27.5 Å². The summed E-state index contributed by atoms with van der Waals surface area (Å²) in [6.07, 6.45) is 0. The zero-order valence-corrected chi connectivity index (χ0v) is 10.3. The van der Waals surface area contributed by atoms with Crippen molar-refractivity contribution in [3.63, 3.8) is 0 Å². The Bertz CT molecular complexity index is 363. The molecule has 0 spiro atoms. The first-order valence-corrected chi connectivity index (χ1v) is 5.36. The van der Waals surface area contributed by atoms with Crippen molar-refractivity contribution in [2.24, 2.45) is 0 Å². The average Bonchev–Trinajstić information content (AvgIpc) is 2.13. The molecule has 0 unspecified atom stereocenters. The molecule has 2 nitrogen and oxygen atoms in total. The van der Waals surface area contributed by atoms with E-state index >= 15 is 0 Å². The van der Waals surface area contributed by atoms with Gasteiger partial charge in [0.25, 0.3) is 0 Å². The van der Waals surface area contributed by atoms with Crippen LogP contribution in [0.2, 0.25) is 5.02 Å². The number of carbonyl (C=O) groups is 1. The minimum atomic E-state index is -0.395. The van der Waals surface area contributed by atoms with Crippen LogP contribution in [-0.2, 0) is 4.74 Å². The maximum atomic E-state index is 11.5. The summed E-state index contributed by atoms with van der Waals surface area (Å²) in [5, 5.41) is 0.442. The van der Waals surface area contributed by atoms with Crippen molar-refractivity contribution in [3.05, 3.63) is 32.8 Å². The van der Waals surface area contributed by atoms with E-state index in [-0.39, 0.29) is 0 Å². The van der Waals surface area contributed by atoms with E-state index in [1.807, 2.05) is 13.0 Å². The quantitative estimate of drug-likeness (QED) is 0.772. The largest absolute Gasteiger partial charge is 0.462 e. The lowest BCUT2D eigenvalue weighted by Crippen LogP contribution is -2.07. The van der Waals surface area contributed by atoms with Crippen LogP contribution in [0.5, 0.6) is 0 Å². The Morgan fingerprint density at radius 3 is 2.79 bits per heavy atom. The first kappa shape index (κ1) is 11.5. The van der Waals surface area contributed by atoms with Crippen molar-refractivity contribution in [1.29, 1.82) is 0 Å². The third-order valence-corrected chi connectivity index (χ3v) is 2.91. The lowest BCUT2D eigenvalue weighted by Gasteiger charge is -2.08. The highest BCUT2D eigenvalue weighted by Crippen LogP contribution is 2.28. The second-order valence-electron chi connectivity index (χ2n) is 2.77. The molecular weight excluding hydrogens is 267 g/mol. The van der Waals surface area contributed by atoms with E-state index in [0.717, 1.165) is 5.56 Å². The summed E-state index contributed by atoms with van der Waals surface area (Å²) >= 11 is 9.26. The molecular formula is C10H10BrClO2. The van der Waals surface area contributed by atoms with Gasteiger partial charge in [-0.1, -0.05) is 17.7 Å². The van der Waals surface area contributed by atoms with E-state index in [2.05, 4.69) is 15.9 Å². The Balaban J connectivity index is 3.18. The van der Waals surface area contributed by atoms with E-state index in [9.17, 15) is 4.79 Å². The number of hydrogen-bond donors (Lipinski definition) is 0. The second kappa shape index (κ2) is 4.80. The van der Waals surface area contributed by atoms with Gasteiger partial charge in [-0.15, -0.1) is 0 Å². The molecule has 0 aliphatic carbocycles. The van der Waals surface area contributed by atoms with Crippen molar-refractivity contribution in [2.75, 3.05) is 6.61 Å². The minimum Gasteiger partial charge on any atom is -0.462 e. The number of carbonyl (C=O) groups excluding carboxylic acids is 1. The van der Waals surface area contributed by atoms with Gasteiger partial charge in [-0.05, 0) is 41.4 Å². The number of halogens is 2. The fourth-order valence-corrected chi connectivity index (χ4v) is 1.90. The van der Waals surface area contributed by atoms with Crippen LogP contribution in [0.1, 0.15) is 22.8 Å². The first-order valence-electron chi connectivity index (χ1n) is 4.19. The monoisotopic (exact) mass is 276 g/mol. The van der Waals surface area contributed by atoms with Gasteiger partial charge in [0.1, 0.15) is 0 Å². The summed E-state index contributed by atoms with van der Waals surface area (Å²) in [5.74, 6) is -0.395. The number of aryl methyl sites for hydroxylation is 1. The molecule has 1 aromatic carbocycles. The Labute approximate surface area is 96.3 Å². The minimum absolute atomic E-state index is 0.343. The van der Waals surface area contributed by atoms with Crippen LogP contribution < -0.4 is 0 Å². The molecule has 0 aliphatic rings. The summed E-state index contributed by atoms with van der Waals surface area (Å²) in [7, 11) is 0. The Kier molecular flexibility index (Phi) is 3.96. The first-order chi connectivity index (χ1) is 6.57. The van der Waals surface area contributed by atoms with Crippen LogP contribution in [0.25, 0.3) is 0 Å². The van der Waals surface area contributed by atoms with Crippen LogP contribution in [0.4, 0.5) is 0 Å². The molecule has 0 N–H and O–H groups in total. The molecule has 0 amide bonds. The van der Waals surface area contributed by atoms with Crippen molar-refractivity contribution in [1.82, 2.24) is 0 Å². The molecule has 0 atom stereocenters. The highest BCUT2D eigenvalue weighted by molar-refractivity contribution is 9.10. The molecule has 1 aromatic rings. The van der Waals surface area contributed by atoms with Gasteiger partial charge in [0.2, 0.25) is 0 Å². The normalized spacial score (nSPS) is 10.0. The van der Waals surface area contributed by atoms with Crippen molar-refractivity contribution >= 4 is 33.5 Å². The predicted molar refractivity (Wildman–Crippen MR) is 59.8 cm³/mol. The third-order valence-electron chi connectivity index (χ3n) is 1.76. The summed E-state index contributed by atoms with van der Waals surface area (Å²) in [6.45, 7) is 3.95. The zero-order valence-electron chi connectivity index (χ0n) is 7.93. The van der Waals surface area contributed by atoms with Gasteiger partial charge in [-0.3, -0.25) is 0 Å². The molecule has 14 heavy (non-hydrogen) atoms. The SMILES string of the molecule is CCOC(=O)c1c(Br)ccc(C)c1Cl. The smallest absolute Gasteiger partial charge is 0.340 e. The van der Waals surface area contributed by atoms with Gasteiger partial charge in [-0.25, -0.2) is 4.79 Å². The lowest BCUT2D eigenvalue weighted by molar-refractivity contribution is 0.0525. The topological polar surface area (TPSA) is 26.3 Å². The number of esters is 1. The molecule has 4 heteroatoms. The van der Waals surface area contributed by atoms with E-state index in [4.69, 9.17) is 16.3 Å². The van der Waals surface area contributed by atoms with Crippen LogP contribution in [0.3, 0.4) is 0 Å². The zero-order chi connectivity index (χ0) is 10.7. The summed E-state index contributed by atoms with van der Waals surface area (Å²) < 4.78 is 5.55. The van der Waals surface area contributed by atoms with Crippen molar-refractivity contribution in [3.8, 4) is 0 Å². The van der Waals surface area contributed by atoms with Gasteiger partial charge in [0.05, 0.1) is 17.2 Å². The maximum Gasteiger partial charge on any atom is 0.340 e. The third kappa shape index (κ3) is 2.28. The highest BCUT2D eigenvalue weighted by atomic mass is 79.9. The maximum absolute atomic E-state index is 11.5. The molecule has 0 aliphatic heterocycles. The standard InChI is InChI=1S/C10H10BrClO2/c1-3-14-10(13)8-7(11)5-4-6(2)9(8)12/h4-5H,3H2,1-2H3. The fourth-order valence-electron chi connectivity index (χ4n) is 1.05. The van der Waals surface area contributed by atoms with Gasteiger partial charge in [-0.2, -0.15) is 0 Å². The van der Waals surface area contributed by atoms with E-state index < -0.39 is 5.97 Å². The highest BCUT2D eigenvalue weighted by Gasteiger charge is 2.16. The number of hydrogen-bond acceptors (Lipinski definition) is 2. The number of ether oxygens (including phenoxy) is 1. The summed E-state index contributed by atoms with van der Waals surface area (Å²) in [4.78, 5) is 11.5. The molecule has 0 aromatic heterocycles. The van der Waals surface area contributed by atoms with Crippen LogP contribution in [-0.4, -0.2) is 12.6 Å². The Hall–Kier alpha value is -0.540. The molecule has 0 heterocycles. The lowest BCUT2D eigenvalue weighted by atomic mass is 10.1. The van der Waals surface area contributed by atoms with Crippen molar-refractivity contribution < 1.29 is 9.53 Å². The predicted octanol–water partition coefficient (Wildman–Crippen LogP) is 3.59. The van der Waals surface area contributed by atoms with E-state index in [1.54, 1.807) is 13.0 Å². The number of rotatable bonds is 2. The molecule has 0 saturated carbocycles. The van der Waals surface area contributed by atoms with Gasteiger partial charge < -0.3 is 4.74 Å². The second-order valence-corrected chi connectivity index (χ2v) is 4.01. The average molecular weight is 278 g/mol. The Morgan fingerprint density at radius 2 is 2.21 bits per heavy atom. The fraction of sp³-hybridized carbons (Fsp3) is 0.300. The van der Waals surface area contributed by atoms with E-state index in [0.29, 0.717) is 21.7 Å². The van der Waals surface area contributed by atoms with Crippen molar-refractivity contribution in [2.45, 2.75) is 13.8 Å². The molecule has 0 radical (unpaired) electrons. The van der Waals surface area contributed by atoms with E-state index in [1.165, 1.54) is 0 Å². The molecule has 0 fully saturated rings. The van der Waals surface area contributed by atoms with Gasteiger partial charge in [0.15, 0.2) is 0 Å². The summed E-state index contributed by atoms with van der Waals surface area (Å²) in [5.41, 5.74) is 1.26. The molecule has 0 bridgehead atoms. The summed E-state index contributed by atoms with van der Waals surface area (Å²) in [6, 6.07) is 3.63.